The maximum absolute atomic E-state index is 2.41. The van der Waals surface area contributed by atoms with Gasteiger partial charge in [-0.3, -0.25) is 5.92 Å². The summed E-state index contributed by atoms with van der Waals surface area (Å²) in [6, 6.07) is 0.676. The summed E-state index contributed by atoms with van der Waals surface area (Å²) in [5.41, 5.74) is 0.439. The molecule has 0 amide bonds. The Labute approximate surface area is 95.8 Å². The Morgan fingerprint density at radius 1 is 1.45 bits per heavy atom. The predicted octanol–water partition coefficient (Wildman–Crippen LogP) is 1.94. The first kappa shape index (κ1) is 12.1. The zero-order valence-electron chi connectivity index (χ0n) is 8.31. The normalized spacial score (nSPS) is 31.9. The number of rotatable bonds is 0. The van der Waals surface area contributed by atoms with Gasteiger partial charge in [-0.25, -0.2) is 0 Å². The van der Waals surface area contributed by atoms with E-state index >= 15 is 0 Å². The summed E-state index contributed by atoms with van der Waals surface area (Å²) in [5, 5.41) is 0. The quantitative estimate of drug-likeness (QED) is 0.574. The monoisotopic (exact) mass is 229 g/mol. The fourth-order valence-electron chi connectivity index (χ4n) is 1.78. The summed E-state index contributed by atoms with van der Waals surface area (Å²) >= 11 is 0. The van der Waals surface area contributed by atoms with Gasteiger partial charge in [0.25, 0.3) is 0 Å². The maximum Gasteiger partial charge on any atom is 0 e. The van der Waals surface area contributed by atoms with E-state index in [-0.39, 0.29) is 32.7 Å². The van der Waals surface area contributed by atoms with Crippen molar-refractivity contribution in [3.8, 4) is 0 Å². The average molecular weight is 229 g/mol. The van der Waals surface area contributed by atoms with Crippen LogP contribution >= 0.6 is 0 Å². The fourth-order valence-corrected chi connectivity index (χ4v) is 1.78. The zero-order chi connectivity index (χ0) is 7.94. The van der Waals surface area contributed by atoms with Crippen LogP contribution in [0.1, 0.15) is 27.7 Å². The van der Waals surface area contributed by atoms with Crippen LogP contribution in [0.25, 0.3) is 0 Å². The number of hydrogen-bond acceptors (Lipinski definition) is 1. The molecule has 2 heteroatoms. The van der Waals surface area contributed by atoms with Gasteiger partial charge >= 0.3 is 0 Å². The molecule has 0 spiro atoms. The van der Waals surface area contributed by atoms with Gasteiger partial charge in [0, 0.05) is 32.7 Å². The van der Waals surface area contributed by atoms with Crippen LogP contribution < -0.4 is 0 Å². The number of hydrogen-bond donors (Lipinski definition) is 0. The summed E-state index contributed by atoms with van der Waals surface area (Å²) in [6.45, 7) is 10.4. The molecule has 11 heavy (non-hydrogen) atoms. The SMILES string of the molecule is C[C-]1C(C)N(C)CC1(C)C.[Y]. The fraction of sp³-hybridized carbons (Fsp3) is 0.889. The molecule has 0 N–H and O–H groups in total. The molecule has 0 saturated carbocycles. The molecule has 1 aliphatic rings. The molecule has 63 valence electrons. The molecular formula is C9H18NY-. The standard InChI is InChI=1S/C9H18N.Y/c1-7-8(2)10(5)6-9(7,3)4;/h8H,6H2,1-5H3;/q-1;. The Kier molecular flexibility index (Phi) is 4.22. The van der Waals surface area contributed by atoms with Gasteiger partial charge in [-0.15, -0.1) is 11.5 Å². The van der Waals surface area contributed by atoms with Crippen LogP contribution in [0.5, 0.6) is 0 Å². The molecule has 1 rings (SSSR count). The van der Waals surface area contributed by atoms with Crippen molar-refractivity contribution in [3.63, 3.8) is 0 Å². The van der Waals surface area contributed by atoms with E-state index in [4.69, 9.17) is 0 Å². The van der Waals surface area contributed by atoms with Gasteiger partial charge in [0.1, 0.15) is 0 Å². The van der Waals surface area contributed by atoms with Gasteiger partial charge in [-0.1, -0.05) is 20.8 Å². The van der Waals surface area contributed by atoms with Crippen molar-refractivity contribution in [2.24, 2.45) is 5.41 Å². The third kappa shape index (κ3) is 2.26. The van der Waals surface area contributed by atoms with Crippen molar-refractivity contribution < 1.29 is 32.7 Å². The van der Waals surface area contributed by atoms with Gasteiger partial charge < -0.3 is 4.90 Å². The molecule has 1 heterocycles. The first-order valence-electron chi connectivity index (χ1n) is 3.99. The molecule has 0 aromatic rings. The summed E-state index contributed by atoms with van der Waals surface area (Å²) < 4.78 is 0. The summed E-state index contributed by atoms with van der Waals surface area (Å²) in [6.07, 6.45) is 0. The molecule has 1 unspecified atom stereocenters. The zero-order valence-corrected chi connectivity index (χ0v) is 11.1. The van der Waals surface area contributed by atoms with Crippen LogP contribution in [-0.2, 0) is 32.7 Å². The maximum atomic E-state index is 2.41. The topological polar surface area (TPSA) is 3.24 Å². The van der Waals surface area contributed by atoms with Crippen molar-refractivity contribution in [1.82, 2.24) is 4.90 Å². The van der Waals surface area contributed by atoms with Gasteiger partial charge in [0.05, 0.1) is 0 Å². The first-order valence-corrected chi connectivity index (χ1v) is 3.99. The van der Waals surface area contributed by atoms with E-state index in [9.17, 15) is 0 Å². The molecule has 1 nitrogen and oxygen atoms in total. The minimum Gasteiger partial charge on any atom is -0.335 e. The third-order valence-electron chi connectivity index (χ3n) is 3.00. The summed E-state index contributed by atoms with van der Waals surface area (Å²) in [5.74, 6) is 1.62. The van der Waals surface area contributed by atoms with E-state index in [1.54, 1.807) is 5.92 Å². The van der Waals surface area contributed by atoms with Gasteiger partial charge in [-0.05, 0) is 13.6 Å². The van der Waals surface area contributed by atoms with Crippen LogP contribution in [0, 0.1) is 11.3 Å². The number of nitrogens with zero attached hydrogens (tertiary/aromatic N) is 1. The molecule has 0 aromatic carbocycles. The molecule has 1 radical (unpaired) electrons. The predicted molar refractivity (Wildman–Crippen MR) is 44.8 cm³/mol. The Morgan fingerprint density at radius 3 is 2.00 bits per heavy atom. The van der Waals surface area contributed by atoms with Crippen molar-refractivity contribution in [3.05, 3.63) is 5.92 Å². The Hall–Kier alpha value is 1.06. The molecule has 1 aliphatic heterocycles. The second kappa shape index (κ2) is 3.85. The second-order valence-electron chi connectivity index (χ2n) is 4.16. The van der Waals surface area contributed by atoms with Crippen LogP contribution in [0.2, 0.25) is 0 Å². The van der Waals surface area contributed by atoms with Crippen molar-refractivity contribution in [2.75, 3.05) is 13.6 Å². The summed E-state index contributed by atoms with van der Waals surface area (Å²) in [4.78, 5) is 2.41. The van der Waals surface area contributed by atoms with E-state index in [0.29, 0.717) is 11.5 Å². The van der Waals surface area contributed by atoms with Crippen LogP contribution in [0.3, 0.4) is 0 Å². The van der Waals surface area contributed by atoms with Crippen molar-refractivity contribution in [2.45, 2.75) is 33.7 Å². The van der Waals surface area contributed by atoms with Gasteiger partial charge in [0.2, 0.25) is 0 Å². The van der Waals surface area contributed by atoms with Crippen molar-refractivity contribution in [1.29, 1.82) is 0 Å². The molecule has 0 aliphatic carbocycles. The molecule has 1 atom stereocenters. The minimum atomic E-state index is 0. The first-order chi connectivity index (χ1) is 4.45. The van der Waals surface area contributed by atoms with E-state index in [0.717, 1.165) is 0 Å². The largest absolute Gasteiger partial charge is 0.335 e. The summed E-state index contributed by atoms with van der Waals surface area (Å²) in [7, 11) is 2.20. The van der Waals surface area contributed by atoms with E-state index < -0.39 is 0 Å². The Balaban J connectivity index is 0.000001000. The molecule has 1 saturated heterocycles. The minimum absolute atomic E-state index is 0. The van der Waals surface area contributed by atoms with E-state index in [1.807, 2.05) is 0 Å². The Morgan fingerprint density at radius 2 is 1.91 bits per heavy atom. The van der Waals surface area contributed by atoms with Crippen LogP contribution in [0.4, 0.5) is 0 Å². The van der Waals surface area contributed by atoms with Gasteiger partial charge in [0.15, 0.2) is 0 Å². The van der Waals surface area contributed by atoms with Crippen molar-refractivity contribution >= 4 is 0 Å². The smallest absolute Gasteiger partial charge is 0 e. The molecular weight excluding hydrogens is 211 g/mol. The molecule has 0 aromatic heterocycles. The Bertz CT molecular complexity index is 134. The van der Waals surface area contributed by atoms with E-state index in [2.05, 4.69) is 39.6 Å². The van der Waals surface area contributed by atoms with Crippen LogP contribution in [-0.4, -0.2) is 24.5 Å². The number of likely N-dealkylation sites (tertiary alicyclic amines) is 1. The third-order valence-corrected chi connectivity index (χ3v) is 3.00. The molecule has 0 bridgehead atoms. The van der Waals surface area contributed by atoms with E-state index in [1.165, 1.54) is 6.54 Å². The van der Waals surface area contributed by atoms with Crippen LogP contribution in [0.15, 0.2) is 0 Å². The van der Waals surface area contributed by atoms with Gasteiger partial charge in [-0.2, -0.15) is 6.92 Å². The molecule has 1 fully saturated rings. The second-order valence-corrected chi connectivity index (χ2v) is 4.16. The average Bonchev–Trinajstić information content (AvgIpc) is 1.95.